The highest BCUT2D eigenvalue weighted by molar-refractivity contribution is 5.31. The number of ether oxygens (including phenoxy) is 1. The molecule has 2 atom stereocenters. The lowest BCUT2D eigenvalue weighted by Gasteiger charge is -2.32. The van der Waals surface area contributed by atoms with E-state index in [0.717, 1.165) is 25.9 Å². The highest BCUT2D eigenvalue weighted by atomic mass is 16.5. The van der Waals surface area contributed by atoms with E-state index in [-0.39, 0.29) is 12.1 Å². The Balaban J connectivity index is 1.93. The number of rotatable bonds is 8. The second kappa shape index (κ2) is 8.20. The predicted molar refractivity (Wildman–Crippen MR) is 83.2 cm³/mol. The average Bonchev–Trinajstić information content (AvgIpc) is 2.51. The molecule has 3 nitrogen and oxygen atoms in total. The van der Waals surface area contributed by atoms with Gasteiger partial charge in [0.1, 0.15) is 0 Å². The molecule has 1 aliphatic rings. The molecule has 0 amide bonds. The summed E-state index contributed by atoms with van der Waals surface area (Å²) >= 11 is 0. The monoisotopic (exact) mass is 274 g/mol. The summed E-state index contributed by atoms with van der Waals surface area (Å²) in [7, 11) is 0. The highest BCUT2D eigenvalue weighted by Gasteiger charge is 2.27. The lowest BCUT2D eigenvalue weighted by molar-refractivity contribution is 0.0126. The van der Waals surface area contributed by atoms with Gasteiger partial charge in [0.25, 0.3) is 0 Å². The van der Waals surface area contributed by atoms with Gasteiger partial charge in [-0.15, -0.1) is 6.58 Å². The minimum Gasteiger partial charge on any atom is -0.371 e. The maximum absolute atomic E-state index is 5.98. The van der Waals surface area contributed by atoms with E-state index in [1.165, 1.54) is 30.4 Å². The van der Waals surface area contributed by atoms with Gasteiger partial charge in [-0.2, -0.15) is 0 Å². The standard InChI is InChI=1S/C17H26N2O/c1-2-3-4-5-6-11-16(19-18)17-15-10-8-7-9-14(15)12-13-20-17/h2,7-10,16-17,19H,1,3-6,11-13,18H2. The Morgan fingerprint density at radius 1 is 1.35 bits per heavy atom. The van der Waals surface area contributed by atoms with Crippen molar-refractivity contribution in [2.24, 2.45) is 5.84 Å². The van der Waals surface area contributed by atoms with Gasteiger partial charge in [-0.25, -0.2) is 0 Å². The third-order valence-electron chi connectivity index (χ3n) is 4.03. The summed E-state index contributed by atoms with van der Waals surface area (Å²) in [4.78, 5) is 0. The van der Waals surface area contributed by atoms with Gasteiger partial charge < -0.3 is 4.74 Å². The van der Waals surface area contributed by atoms with Crippen LogP contribution in [-0.4, -0.2) is 12.6 Å². The van der Waals surface area contributed by atoms with E-state index in [4.69, 9.17) is 10.6 Å². The number of allylic oxidation sites excluding steroid dienone is 1. The molecule has 2 unspecified atom stereocenters. The van der Waals surface area contributed by atoms with Crippen LogP contribution in [0.5, 0.6) is 0 Å². The van der Waals surface area contributed by atoms with Gasteiger partial charge >= 0.3 is 0 Å². The number of hydrogen-bond acceptors (Lipinski definition) is 3. The summed E-state index contributed by atoms with van der Waals surface area (Å²) in [6.07, 6.45) is 8.83. The quantitative estimate of drug-likeness (QED) is 0.331. The minimum atomic E-state index is 0.0874. The summed E-state index contributed by atoms with van der Waals surface area (Å²) in [6.45, 7) is 4.54. The second-order valence-corrected chi connectivity index (χ2v) is 5.44. The molecule has 2 rings (SSSR count). The molecule has 3 heteroatoms. The third kappa shape index (κ3) is 3.92. The third-order valence-corrected chi connectivity index (χ3v) is 4.03. The van der Waals surface area contributed by atoms with Gasteiger partial charge in [0.2, 0.25) is 0 Å². The zero-order valence-corrected chi connectivity index (χ0v) is 12.2. The molecule has 1 aliphatic heterocycles. The Kier molecular flexibility index (Phi) is 6.25. The van der Waals surface area contributed by atoms with E-state index in [1.54, 1.807) is 0 Å². The first-order chi connectivity index (χ1) is 9.86. The maximum Gasteiger partial charge on any atom is 0.0994 e. The topological polar surface area (TPSA) is 47.3 Å². The summed E-state index contributed by atoms with van der Waals surface area (Å²) in [6, 6.07) is 8.74. The molecule has 0 saturated carbocycles. The minimum absolute atomic E-state index is 0.0874. The molecule has 110 valence electrons. The van der Waals surface area contributed by atoms with E-state index < -0.39 is 0 Å². The molecule has 0 aromatic heterocycles. The Hall–Kier alpha value is -1.16. The SMILES string of the molecule is C=CCCCCCC(NN)C1OCCc2ccccc21. The normalized spacial score (nSPS) is 19.4. The molecule has 20 heavy (non-hydrogen) atoms. The molecule has 0 saturated heterocycles. The Bertz CT molecular complexity index is 419. The van der Waals surface area contributed by atoms with Crippen LogP contribution in [0.1, 0.15) is 49.3 Å². The predicted octanol–water partition coefficient (Wildman–Crippen LogP) is 3.27. The number of hydrogen-bond donors (Lipinski definition) is 2. The molecule has 0 fully saturated rings. The second-order valence-electron chi connectivity index (χ2n) is 5.44. The number of nitrogens with two attached hydrogens (primary N) is 1. The Morgan fingerprint density at radius 3 is 3.00 bits per heavy atom. The van der Waals surface area contributed by atoms with Crippen molar-refractivity contribution in [3.8, 4) is 0 Å². The van der Waals surface area contributed by atoms with E-state index in [0.29, 0.717) is 0 Å². The largest absolute Gasteiger partial charge is 0.371 e. The Morgan fingerprint density at radius 2 is 2.20 bits per heavy atom. The molecule has 1 aromatic rings. The van der Waals surface area contributed by atoms with Gasteiger partial charge in [-0.05, 0) is 36.8 Å². The summed E-state index contributed by atoms with van der Waals surface area (Å²) < 4.78 is 5.98. The molecule has 1 heterocycles. The number of unbranched alkanes of at least 4 members (excludes halogenated alkanes) is 3. The van der Waals surface area contributed by atoms with Crippen molar-refractivity contribution in [1.82, 2.24) is 5.43 Å². The molecule has 0 aliphatic carbocycles. The number of fused-ring (bicyclic) bond motifs is 1. The lowest BCUT2D eigenvalue weighted by Crippen LogP contribution is -2.42. The van der Waals surface area contributed by atoms with Crippen LogP contribution in [0.25, 0.3) is 0 Å². The van der Waals surface area contributed by atoms with Gasteiger partial charge in [-0.3, -0.25) is 11.3 Å². The molecule has 3 N–H and O–H groups in total. The smallest absolute Gasteiger partial charge is 0.0994 e. The first-order valence-electron chi connectivity index (χ1n) is 7.63. The molecular weight excluding hydrogens is 248 g/mol. The van der Waals surface area contributed by atoms with Crippen molar-refractivity contribution in [3.05, 3.63) is 48.0 Å². The van der Waals surface area contributed by atoms with E-state index in [1.807, 2.05) is 6.08 Å². The summed E-state index contributed by atoms with van der Waals surface area (Å²) in [5.74, 6) is 5.76. The Labute approximate surface area is 122 Å². The molecule has 0 bridgehead atoms. The van der Waals surface area contributed by atoms with Crippen molar-refractivity contribution < 1.29 is 4.74 Å². The lowest BCUT2D eigenvalue weighted by atomic mass is 9.91. The fraction of sp³-hybridized carbons (Fsp3) is 0.529. The van der Waals surface area contributed by atoms with Crippen LogP contribution in [0.2, 0.25) is 0 Å². The number of hydrazine groups is 1. The van der Waals surface area contributed by atoms with Gasteiger partial charge in [0, 0.05) is 0 Å². The van der Waals surface area contributed by atoms with Crippen LogP contribution >= 0.6 is 0 Å². The first kappa shape index (κ1) is 15.2. The van der Waals surface area contributed by atoms with E-state index in [9.17, 15) is 0 Å². The fourth-order valence-electron chi connectivity index (χ4n) is 2.91. The summed E-state index contributed by atoms with van der Waals surface area (Å²) in [5, 5.41) is 0. The van der Waals surface area contributed by atoms with Crippen LogP contribution in [-0.2, 0) is 11.2 Å². The van der Waals surface area contributed by atoms with E-state index in [2.05, 4.69) is 36.3 Å². The first-order valence-corrected chi connectivity index (χ1v) is 7.63. The van der Waals surface area contributed by atoms with Crippen LogP contribution < -0.4 is 11.3 Å². The highest BCUT2D eigenvalue weighted by Crippen LogP contribution is 2.31. The van der Waals surface area contributed by atoms with Crippen LogP contribution in [0, 0.1) is 0 Å². The summed E-state index contributed by atoms with van der Waals surface area (Å²) in [5.41, 5.74) is 5.66. The molecule has 0 radical (unpaired) electrons. The van der Waals surface area contributed by atoms with Crippen molar-refractivity contribution in [2.75, 3.05) is 6.61 Å². The fourth-order valence-corrected chi connectivity index (χ4v) is 2.91. The van der Waals surface area contributed by atoms with Crippen LogP contribution in [0.4, 0.5) is 0 Å². The zero-order valence-electron chi connectivity index (χ0n) is 12.2. The van der Waals surface area contributed by atoms with Gasteiger partial charge in [-0.1, -0.05) is 43.2 Å². The van der Waals surface area contributed by atoms with Crippen molar-refractivity contribution in [2.45, 2.75) is 50.7 Å². The molecule has 0 spiro atoms. The van der Waals surface area contributed by atoms with E-state index >= 15 is 0 Å². The number of benzene rings is 1. The average molecular weight is 274 g/mol. The van der Waals surface area contributed by atoms with Crippen molar-refractivity contribution in [3.63, 3.8) is 0 Å². The van der Waals surface area contributed by atoms with Crippen molar-refractivity contribution >= 4 is 0 Å². The zero-order chi connectivity index (χ0) is 14.2. The van der Waals surface area contributed by atoms with Crippen LogP contribution in [0.15, 0.2) is 36.9 Å². The number of nitrogens with one attached hydrogen (secondary N) is 1. The van der Waals surface area contributed by atoms with Crippen molar-refractivity contribution in [1.29, 1.82) is 0 Å². The maximum atomic E-state index is 5.98. The van der Waals surface area contributed by atoms with Gasteiger partial charge in [0.05, 0.1) is 18.8 Å². The molecule has 1 aromatic carbocycles. The van der Waals surface area contributed by atoms with Crippen LogP contribution in [0.3, 0.4) is 0 Å². The van der Waals surface area contributed by atoms with Gasteiger partial charge in [0.15, 0.2) is 0 Å². The molecular formula is C17H26N2O.